The molecule has 0 radical (unpaired) electrons. The van der Waals surface area contributed by atoms with Crippen molar-refractivity contribution in [2.45, 2.75) is 25.5 Å². The Kier molecular flexibility index (Phi) is 4.12. The van der Waals surface area contributed by atoms with Crippen molar-refractivity contribution in [3.8, 4) is 11.8 Å². The molecule has 2 aliphatic rings. The average molecular weight is 357 g/mol. The first-order valence-electron chi connectivity index (χ1n) is 8.23. The Morgan fingerprint density at radius 3 is 2.96 bits per heavy atom. The third kappa shape index (κ3) is 2.86. The molecule has 2 aromatic heterocycles. The monoisotopic (exact) mass is 357 g/mol. The van der Waals surface area contributed by atoms with E-state index in [1.54, 1.807) is 6.20 Å². The maximum absolute atomic E-state index is 12.4. The van der Waals surface area contributed by atoms with Crippen LogP contribution in [0.3, 0.4) is 0 Å². The van der Waals surface area contributed by atoms with Crippen LogP contribution in [0.15, 0.2) is 22.4 Å². The van der Waals surface area contributed by atoms with Crippen LogP contribution < -0.4 is 10.5 Å². The van der Waals surface area contributed by atoms with Crippen molar-refractivity contribution in [2.75, 3.05) is 31.3 Å². The van der Waals surface area contributed by atoms with E-state index in [0.29, 0.717) is 32.1 Å². The molecule has 130 valence electrons. The van der Waals surface area contributed by atoms with Gasteiger partial charge >= 0.3 is 0 Å². The lowest BCUT2D eigenvalue weighted by atomic mass is 9.90. The quantitative estimate of drug-likeness (QED) is 0.784. The highest BCUT2D eigenvalue weighted by Crippen LogP contribution is 2.34. The van der Waals surface area contributed by atoms with Gasteiger partial charge in [0, 0.05) is 23.7 Å². The molecule has 0 saturated carbocycles. The number of aryl methyl sites for hydroxylation is 1. The SMILES string of the molecule is Cc1nscc1C#Cc1c[nH]c(=O)c(N2CCOC3(COC3)C2C)c1. The van der Waals surface area contributed by atoms with Crippen LogP contribution in [0, 0.1) is 18.8 Å². The summed E-state index contributed by atoms with van der Waals surface area (Å²) < 4.78 is 15.5. The van der Waals surface area contributed by atoms with Gasteiger partial charge in [-0.25, -0.2) is 0 Å². The van der Waals surface area contributed by atoms with Crippen molar-refractivity contribution >= 4 is 17.2 Å². The number of aromatic nitrogens is 2. The van der Waals surface area contributed by atoms with Gasteiger partial charge in [-0.15, -0.1) is 0 Å². The summed E-state index contributed by atoms with van der Waals surface area (Å²) in [5, 5.41) is 1.93. The fourth-order valence-corrected chi connectivity index (χ4v) is 3.86. The van der Waals surface area contributed by atoms with E-state index >= 15 is 0 Å². The topological polar surface area (TPSA) is 67.5 Å². The molecular weight excluding hydrogens is 338 g/mol. The first kappa shape index (κ1) is 16.3. The van der Waals surface area contributed by atoms with Gasteiger partial charge in [0.05, 0.1) is 37.1 Å². The second-order valence-electron chi connectivity index (χ2n) is 6.44. The van der Waals surface area contributed by atoms with Crippen LogP contribution in [0.5, 0.6) is 0 Å². The highest BCUT2D eigenvalue weighted by molar-refractivity contribution is 7.03. The Morgan fingerprint density at radius 2 is 2.28 bits per heavy atom. The summed E-state index contributed by atoms with van der Waals surface area (Å²) in [7, 11) is 0. The molecule has 2 saturated heterocycles. The summed E-state index contributed by atoms with van der Waals surface area (Å²) in [5.41, 5.74) is 2.85. The first-order valence-corrected chi connectivity index (χ1v) is 9.07. The van der Waals surface area contributed by atoms with Crippen LogP contribution in [-0.4, -0.2) is 47.4 Å². The summed E-state index contributed by atoms with van der Waals surface area (Å²) in [6.45, 7) is 6.44. The number of rotatable bonds is 1. The zero-order chi connectivity index (χ0) is 17.4. The predicted octanol–water partition coefficient (Wildman–Crippen LogP) is 1.53. The number of nitrogens with one attached hydrogen (secondary N) is 1. The third-order valence-corrected chi connectivity index (χ3v) is 5.65. The number of hydrogen-bond donors (Lipinski definition) is 1. The number of nitrogens with zero attached hydrogens (tertiary/aromatic N) is 2. The van der Waals surface area contributed by atoms with Crippen LogP contribution in [0.4, 0.5) is 5.69 Å². The van der Waals surface area contributed by atoms with Gasteiger partial charge in [-0.2, -0.15) is 4.37 Å². The Hall–Kier alpha value is -2.14. The summed E-state index contributed by atoms with van der Waals surface area (Å²) in [6, 6.07) is 1.93. The van der Waals surface area contributed by atoms with Gasteiger partial charge in [-0.05, 0) is 31.4 Å². The molecule has 1 unspecified atom stereocenters. The van der Waals surface area contributed by atoms with Gasteiger partial charge in [0.2, 0.25) is 0 Å². The fraction of sp³-hybridized carbons (Fsp3) is 0.444. The fourth-order valence-electron chi connectivity index (χ4n) is 3.21. The smallest absolute Gasteiger partial charge is 0.271 e. The van der Waals surface area contributed by atoms with Crippen LogP contribution in [0.25, 0.3) is 0 Å². The minimum atomic E-state index is -0.300. The highest BCUT2D eigenvalue weighted by atomic mass is 32.1. The number of pyridine rings is 1. The van der Waals surface area contributed by atoms with E-state index in [0.717, 1.165) is 16.8 Å². The zero-order valence-corrected chi connectivity index (χ0v) is 15.0. The molecule has 0 amide bonds. The first-order chi connectivity index (χ1) is 12.1. The standard InChI is InChI=1S/C18H19N3O3S/c1-12-15(9-25-20-12)4-3-14-7-16(17(22)19-8-14)21-5-6-24-18(13(21)2)10-23-11-18/h7-9,13H,5-6,10-11H2,1-2H3,(H,19,22). The van der Waals surface area contributed by atoms with E-state index in [1.165, 1.54) is 11.5 Å². The summed E-state index contributed by atoms with van der Waals surface area (Å²) in [4.78, 5) is 17.3. The second kappa shape index (κ2) is 6.30. The van der Waals surface area contributed by atoms with Crippen molar-refractivity contribution in [1.82, 2.24) is 9.36 Å². The maximum Gasteiger partial charge on any atom is 0.271 e. The molecule has 7 heteroatoms. The molecule has 25 heavy (non-hydrogen) atoms. The van der Waals surface area contributed by atoms with E-state index < -0.39 is 0 Å². The van der Waals surface area contributed by atoms with Gasteiger partial charge in [0.1, 0.15) is 11.3 Å². The molecular formula is C18H19N3O3S. The molecule has 2 aromatic rings. The van der Waals surface area contributed by atoms with Crippen LogP contribution >= 0.6 is 11.5 Å². The zero-order valence-electron chi connectivity index (χ0n) is 14.2. The molecule has 4 heterocycles. The molecule has 4 rings (SSSR count). The highest BCUT2D eigenvalue weighted by Gasteiger charge is 2.50. The van der Waals surface area contributed by atoms with Gasteiger partial charge < -0.3 is 19.4 Å². The lowest BCUT2D eigenvalue weighted by Crippen LogP contribution is -2.68. The van der Waals surface area contributed by atoms with E-state index in [2.05, 4.69) is 33.0 Å². The Labute approximate surface area is 149 Å². The van der Waals surface area contributed by atoms with Crippen molar-refractivity contribution < 1.29 is 9.47 Å². The van der Waals surface area contributed by atoms with Crippen molar-refractivity contribution in [3.63, 3.8) is 0 Å². The molecule has 1 spiro atoms. The molecule has 2 aliphatic heterocycles. The molecule has 1 N–H and O–H groups in total. The third-order valence-electron chi connectivity index (χ3n) is 4.93. The van der Waals surface area contributed by atoms with E-state index in [-0.39, 0.29) is 17.2 Å². The van der Waals surface area contributed by atoms with Gasteiger partial charge in [-0.1, -0.05) is 11.8 Å². The van der Waals surface area contributed by atoms with Crippen LogP contribution in [-0.2, 0) is 9.47 Å². The average Bonchev–Trinajstić information content (AvgIpc) is 2.98. The van der Waals surface area contributed by atoms with Crippen LogP contribution in [0.1, 0.15) is 23.7 Å². The molecule has 0 aromatic carbocycles. The summed E-state index contributed by atoms with van der Waals surface area (Å²) >= 11 is 1.39. The Balaban J connectivity index is 1.65. The summed E-state index contributed by atoms with van der Waals surface area (Å²) in [6.07, 6.45) is 1.65. The van der Waals surface area contributed by atoms with Gasteiger partial charge in [0.25, 0.3) is 5.56 Å². The lowest BCUT2D eigenvalue weighted by molar-refractivity contribution is -0.228. The van der Waals surface area contributed by atoms with Crippen molar-refractivity contribution in [2.24, 2.45) is 0 Å². The van der Waals surface area contributed by atoms with Gasteiger partial charge in [0.15, 0.2) is 0 Å². The number of anilines is 1. The number of ether oxygens (including phenoxy) is 2. The lowest BCUT2D eigenvalue weighted by Gasteiger charge is -2.53. The number of H-pyrrole nitrogens is 1. The molecule has 6 nitrogen and oxygen atoms in total. The molecule has 2 fully saturated rings. The molecule has 0 aliphatic carbocycles. The van der Waals surface area contributed by atoms with E-state index in [1.807, 2.05) is 18.4 Å². The number of hydrogen-bond acceptors (Lipinski definition) is 6. The molecule has 0 bridgehead atoms. The summed E-state index contributed by atoms with van der Waals surface area (Å²) in [5.74, 6) is 6.24. The Morgan fingerprint density at radius 1 is 1.44 bits per heavy atom. The van der Waals surface area contributed by atoms with Crippen molar-refractivity contribution in [3.05, 3.63) is 44.8 Å². The largest absolute Gasteiger partial charge is 0.375 e. The predicted molar refractivity (Wildman–Crippen MR) is 96.2 cm³/mol. The maximum atomic E-state index is 12.4. The van der Waals surface area contributed by atoms with Crippen LogP contribution in [0.2, 0.25) is 0 Å². The number of aromatic amines is 1. The van der Waals surface area contributed by atoms with E-state index in [9.17, 15) is 4.79 Å². The van der Waals surface area contributed by atoms with E-state index in [4.69, 9.17) is 9.47 Å². The van der Waals surface area contributed by atoms with Crippen molar-refractivity contribution in [1.29, 1.82) is 0 Å². The normalized spacial score (nSPS) is 21.5. The minimum Gasteiger partial charge on any atom is -0.375 e. The van der Waals surface area contributed by atoms with Gasteiger partial charge in [-0.3, -0.25) is 4.79 Å². The number of morpholine rings is 1. The second-order valence-corrected chi connectivity index (χ2v) is 7.07. The Bertz CT molecular complexity index is 904. The minimum absolute atomic E-state index is 0.0719. The molecule has 1 atom stereocenters.